The van der Waals surface area contributed by atoms with Crippen LogP contribution in [-0.4, -0.2) is 23.1 Å². The summed E-state index contributed by atoms with van der Waals surface area (Å²) in [6.45, 7) is 0. The van der Waals surface area contributed by atoms with Crippen LogP contribution in [0.3, 0.4) is 0 Å². The average molecular weight is 528 g/mol. The van der Waals surface area contributed by atoms with Crippen LogP contribution in [-0.2, 0) is 9.59 Å². The summed E-state index contributed by atoms with van der Waals surface area (Å²) in [6.07, 6.45) is 1.35. The Morgan fingerprint density at radius 3 is 2.40 bits per heavy atom. The van der Waals surface area contributed by atoms with Crippen LogP contribution in [0, 0.1) is 9.49 Å². The van der Waals surface area contributed by atoms with Crippen molar-refractivity contribution >= 4 is 85.3 Å². The first-order valence-electron chi connectivity index (χ1n) is 7.20. The molecular formula is C17H11BrIN3O2S. The lowest BCUT2D eigenvalue weighted by Gasteiger charge is -2.30. The zero-order valence-electron chi connectivity index (χ0n) is 12.6. The van der Waals surface area contributed by atoms with Crippen molar-refractivity contribution in [2.45, 2.75) is 0 Å². The van der Waals surface area contributed by atoms with Gasteiger partial charge in [-0.25, -0.2) is 0 Å². The monoisotopic (exact) mass is 527 g/mol. The molecular weight excluding hydrogens is 517 g/mol. The Bertz CT molecular complexity index is 868. The lowest BCUT2D eigenvalue weighted by atomic mass is 10.1. The first-order chi connectivity index (χ1) is 12.0. The third kappa shape index (κ3) is 4.13. The minimum absolute atomic E-state index is 0.0660. The molecule has 1 aliphatic rings. The van der Waals surface area contributed by atoms with Crippen LogP contribution >= 0.6 is 50.7 Å². The molecule has 2 amide bonds. The van der Waals surface area contributed by atoms with E-state index in [0.717, 1.165) is 8.04 Å². The van der Waals surface area contributed by atoms with Crippen molar-refractivity contribution in [3.05, 3.63) is 56.6 Å². The second kappa shape index (κ2) is 7.71. The van der Waals surface area contributed by atoms with E-state index in [1.54, 1.807) is 24.3 Å². The Hall–Kier alpha value is -1.65. The van der Waals surface area contributed by atoms with Gasteiger partial charge in [-0.3, -0.25) is 19.5 Å². The van der Waals surface area contributed by atoms with E-state index in [2.05, 4.69) is 48.8 Å². The second-order valence-electron chi connectivity index (χ2n) is 5.18. The number of benzene rings is 2. The number of rotatable bonds is 3. The summed E-state index contributed by atoms with van der Waals surface area (Å²) >= 11 is 10.7. The van der Waals surface area contributed by atoms with Crippen molar-refractivity contribution in [3.8, 4) is 0 Å². The number of carbonyl (C=O) groups is 2. The highest BCUT2D eigenvalue weighted by Crippen LogP contribution is 2.23. The number of nitrogens with one attached hydrogen (secondary N) is 1. The van der Waals surface area contributed by atoms with E-state index in [0.29, 0.717) is 11.4 Å². The SMILES string of the molecule is O=C1NC(=S)N(c2ccc(Br)cc2)C(=O)[C@H]1C=Nc1ccc(I)cc1. The molecule has 0 spiro atoms. The number of hydrogen-bond donors (Lipinski definition) is 1. The molecule has 1 fully saturated rings. The van der Waals surface area contributed by atoms with Gasteiger partial charge in [-0.15, -0.1) is 0 Å². The molecule has 5 nitrogen and oxygen atoms in total. The molecule has 0 radical (unpaired) electrons. The first-order valence-corrected chi connectivity index (χ1v) is 9.48. The normalized spacial score (nSPS) is 17.9. The molecule has 1 heterocycles. The molecule has 2 aromatic rings. The quantitative estimate of drug-likeness (QED) is 0.286. The summed E-state index contributed by atoms with van der Waals surface area (Å²) in [5.74, 6) is -1.93. The zero-order chi connectivity index (χ0) is 18.0. The van der Waals surface area contributed by atoms with Gasteiger partial charge in [0.1, 0.15) is 0 Å². The first kappa shape index (κ1) is 18.2. The van der Waals surface area contributed by atoms with Crippen molar-refractivity contribution < 1.29 is 9.59 Å². The lowest BCUT2D eigenvalue weighted by molar-refractivity contribution is -0.130. The molecule has 0 aliphatic carbocycles. The van der Waals surface area contributed by atoms with Gasteiger partial charge in [-0.1, -0.05) is 15.9 Å². The molecule has 0 unspecified atom stereocenters. The minimum Gasteiger partial charge on any atom is -0.301 e. The maximum atomic E-state index is 12.8. The summed E-state index contributed by atoms with van der Waals surface area (Å²) in [5, 5.41) is 2.63. The van der Waals surface area contributed by atoms with E-state index < -0.39 is 17.7 Å². The molecule has 25 heavy (non-hydrogen) atoms. The van der Waals surface area contributed by atoms with Crippen LogP contribution in [0.2, 0.25) is 0 Å². The van der Waals surface area contributed by atoms with E-state index in [-0.39, 0.29) is 5.11 Å². The predicted molar refractivity (Wildman–Crippen MR) is 113 cm³/mol. The van der Waals surface area contributed by atoms with E-state index in [4.69, 9.17) is 12.2 Å². The van der Waals surface area contributed by atoms with E-state index in [1.807, 2.05) is 24.3 Å². The number of amides is 2. The molecule has 3 rings (SSSR count). The van der Waals surface area contributed by atoms with Crippen LogP contribution in [0.1, 0.15) is 0 Å². The van der Waals surface area contributed by atoms with E-state index >= 15 is 0 Å². The van der Waals surface area contributed by atoms with Crippen molar-refractivity contribution in [2.75, 3.05) is 4.90 Å². The number of thiocarbonyl (C=S) groups is 1. The fourth-order valence-electron chi connectivity index (χ4n) is 2.24. The van der Waals surface area contributed by atoms with Gasteiger partial charge in [-0.2, -0.15) is 0 Å². The lowest BCUT2D eigenvalue weighted by Crippen LogP contribution is -2.58. The fraction of sp³-hybridized carbons (Fsp3) is 0.0588. The molecule has 1 N–H and O–H groups in total. The smallest absolute Gasteiger partial charge is 0.251 e. The topological polar surface area (TPSA) is 61.8 Å². The van der Waals surface area contributed by atoms with Crippen LogP contribution in [0.15, 0.2) is 58.0 Å². The maximum Gasteiger partial charge on any atom is 0.251 e. The van der Waals surface area contributed by atoms with Crippen LogP contribution in [0.25, 0.3) is 0 Å². The van der Waals surface area contributed by atoms with E-state index in [9.17, 15) is 9.59 Å². The Labute approximate surface area is 171 Å². The number of carbonyl (C=O) groups excluding carboxylic acids is 2. The summed E-state index contributed by atoms with van der Waals surface area (Å²) < 4.78 is 1.96. The number of aliphatic imine (C=N–C) groups is 1. The second-order valence-corrected chi connectivity index (χ2v) is 7.72. The maximum absolute atomic E-state index is 12.8. The Morgan fingerprint density at radius 2 is 1.76 bits per heavy atom. The average Bonchev–Trinajstić information content (AvgIpc) is 2.57. The number of nitrogens with zero attached hydrogens (tertiary/aromatic N) is 2. The fourth-order valence-corrected chi connectivity index (χ4v) is 3.16. The van der Waals surface area contributed by atoms with E-state index in [1.165, 1.54) is 11.1 Å². The molecule has 0 bridgehead atoms. The van der Waals surface area contributed by atoms with Gasteiger partial charge in [0, 0.05) is 14.3 Å². The highest BCUT2D eigenvalue weighted by molar-refractivity contribution is 14.1. The van der Waals surface area contributed by atoms with Crippen molar-refractivity contribution in [1.29, 1.82) is 0 Å². The van der Waals surface area contributed by atoms with Gasteiger partial charge in [0.15, 0.2) is 11.0 Å². The summed E-state index contributed by atoms with van der Waals surface area (Å²) in [7, 11) is 0. The van der Waals surface area contributed by atoms with Crippen LogP contribution in [0.5, 0.6) is 0 Å². The molecule has 0 saturated carbocycles. The van der Waals surface area contributed by atoms with Gasteiger partial charge in [0.05, 0.1) is 11.4 Å². The van der Waals surface area contributed by atoms with Gasteiger partial charge in [-0.05, 0) is 83.3 Å². The molecule has 0 aromatic heterocycles. The number of anilines is 1. The molecule has 1 atom stereocenters. The van der Waals surface area contributed by atoms with Crippen LogP contribution in [0.4, 0.5) is 11.4 Å². The Morgan fingerprint density at radius 1 is 1.12 bits per heavy atom. The third-order valence-corrected chi connectivity index (χ3v) is 5.02. The van der Waals surface area contributed by atoms with Crippen molar-refractivity contribution in [3.63, 3.8) is 0 Å². The molecule has 1 saturated heterocycles. The van der Waals surface area contributed by atoms with Gasteiger partial charge in [0.2, 0.25) is 5.91 Å². The van der Waals surface area contributed by atoms with Gasteiger partial charge in [0.25, 0.3) is 5.91 Å². The third-order valence-electron chi connectivity index (χ3n) is 3.49. The number of hydrogen-bond acceptors (Lipinski definition) is 4. The predicted octanol–water partition coefficient (Wildman–Crippen LogP) is 3.82. The highest BCUT2D eigenvalue weighted by atomic mass is 127. The minimum atomic E-state index is -1.03. The zero-order valence-corrected chi connectivity index (χ0v) is 17.2. The standard InChI is InChI=1S/C17H11BrIN3O2S/c18-10-1-7-13(8-2-10)22-16(24)14(15(23)21-17(22)25)9-20-12-5-3-11(19)4-6-12/h1-9,14H,(H,21,23,25)/t14-/m0/s1. The Kier molecular flexibility index (Phi) is 5.60. The van der Waals surface area contributed by atoms with Crippen LogP contribution < -0.4 is 10.2 Å². The summed E-state index contributed by atoms with van der Waals surface area (Å²) in [6, 6.07) is 14.5. The van der Waals surface area contributed by atoms with Crippen molar-refractivity contribution in [2.24, 2.45) is 10.9 Å². The largest absolute Gasteiger partial charge is 0.301 e. The Balaban J connectivity index is 1.87. The molecule has 126 valence electrons. The molecule has 8 heteroatoms. The van der Waals surface area contributed by atoms with Gasteiger partial charge >= 0.3 is 0 Å². The summed E-state index contributed by atoms with van der Waals surface area (Å²) in [4.78, 5) is 30.5. The van der Waals surface area contributed by atoms with Gasteiger partial charge < -0.3 is 5.32 Å². The molecule has 1 aliphatic heterocycles. The highest BCUT2D eigenvalue weighted by Gasteiger charge is 2.38. The number of halogens is 2. The van der Waals surface area contributed by atoms with Crippen molar-refractivity contribution in [1.82, 2.24) is 5.32 Å². The summed E-state index contributed by atoms with van der Waals surface area (Å²) in [5.41, 5.74) is 1.26. The molecule has 2 aromatic carbocycles.